The summed E-state index contributed by atoms with van der Waals surface area (Å²) in [5.41, 5.74) is 18.7. The third-order valence-corrected chi connectivity index (χ3v) is 19.3. The third kappa shape index (κ3) is 6.84. The van der Waals surface area contributed by atoms with Crippen LogP contribution in [0.1, 0.15) is 95.9 Å². The van der Waals surface area contributed by atoms with E-state index in [4.69, 9.17) is 8.83 Å². The molecule has 2 aromatic heterocycles. The molecule has 0 unspecified atom stereocenters. The predicted octanol–water partition coefficient (Wildman–Crippen LogP) is 21.0. The molecular weight excluding hydrogens is 949 g/mol. The smallest absolute Gasteiger partial charge is 0.140 e. The van der Waals surface area contributed by atoms with Gasteiger partial charge >= 0.3 is 0 Å². The van der Waals surface area contributed by atoms with Gasteiger partial charge in [-0.25, -0.2) is 0 Å². The average Bonchev–Trinajstić information content (AvgIpc) is 2.00. The molecule has 4 nitrogen and oxygen atoms in total. The molecule has 12 aromatic rings. The number of rotatable bonds is 6. The molecule has 0 atom stereocenters. The van der Waals surface area contributed by atoms with Crippen molar-refractivity contribution in [3.63, 3.8) is 0 Å². The standard InChI is InChI=1S/C74H64N2O2/c1-72(2,3)50-17-23-54(24-18-50)75(56-21-15-46-11-7-9-13-48(46)38-56)58-28-30-61-65-42-66-64(43-69(65)77-67(61)40-58)62-31-32-63-60-29-27-59(41-68(60)78-71(63)70(62)74(66)52-34-44-33-45(36-52)37-53(74)35-44)76(55-25-19-51(20-26-55)73(4,5)6)57-22-16-47-12-8-10-14-49(47)39-57/h7-32,38-45,52-53H,33-37H2,1-6H3. The minimum absolute atomic E-state index is 0.0533. The van der Waals surface area contributed by atoms with E-state index in [0.717, 1.165) is 68.3 Å². The van der Waals surface area contributed by atoms with Crippen LogP contribution in [0.3, 0.4) is 0 Å². The van der Waals surface area contributed by atoms with Gasteiger partial charge in [-0.2, -0.15) is 0 Å². The van der Waals surface area contributed by atoms with Gasteiger partial charge in [0.2, 0.25) is 0 Å². The van der Waals surface area contributed by atoms with Crippen LogP contribution < -0.4 is 9.80 Å². The van der Waals surface area contributed by atoms with E-state index in [-0.39, 0.29) is 16.2 Å². The second-order valence-electron chi connectivity index (χ2n) is 25.8. The summed E-state index contributed by atoms with van der Waals surface area (Å²) in [6.45, 7) is 13.7. The molecule has 0 radical (unpaired) electrons. The van der Waals surface area contributed by atoms with Crippen LogP contribution >= 0.6 is 0 Å². The Morgan fingerprint density at radius 2 is 0.808 bits per heavy atom. The largest absolute Gasteiger partial charge is 0.456 e. The van der Waals surface area contributed by atoms with Gasteiger partial charge in [0.15, 0.2) is 0 Å². The fourth-order valence-electron chi connectivity index (χ4n) is 15.8. The van der Waals surface area contributed by atoms with E-state index >= 15 is 0 Å². The highest BCUT2D eigenvalue weighted by atomic mass is 16.3. The Balaban J connectivity index is 0.855. The zero-order chi connectivity index (χ0) is 52.4. The first kappa shape index (κ1) is 46.1. The Bertz CT molecular complexity index is 4400. The first-order valence-electron chi connectivity index (χ1n) is 28.6. The lowest BCUT2D eigenvalue weighted by molar-refractivity contribution is -0.0396. The quantitative estimate of drug-likeness (QED) is 0.166. The van der Waals surface area contributed by atoms with E-state index in [1.54, 1.807) is 0 Å². The van der Waals surface area contributed by atoms with E-state index in [1.807, 2.05) is 0 Å². The lowest BCUT2D eigenvalue weighted by Crippen LogP contribution is -2.55. The molecule has 17 rings (SSSR count). The van der Waals surface area contributed by atoms with Crippen LogP contribution in [-0.4, -0.2) is 0 Å². The first-order valence-corrected chi connectivity index (χ1v) is 28.6. The molecule has 4 heteroatoms. The minimum atomic E-state index is -0.135. The first-order chi connectivity index (χ1) is 37.8. The molecule has 382 valence electrons. The van der Waals surface area contributed by atoms with Crippen LogP contribution in [0.5, 0.6) is 0 Å². The molecule has 2 heterocycles. The normalized spacial score (nSPS) is 20.5. The molecule has 1 spiro atoms. The van der Waals surface area contributed by atoms with Gasteiger partial charge in [0, 0.05) is 78.8 Å². The second kappa shape index (κ2) is 16.5. The van der Waals surface area contributed by atoms with Gasteiger partial charge in [0.1, 0.15) is 22.3 Å². The summed E-state index contributed by atoms with van der Waals surface area (Å²) in [5, 5.41) is 9.67. The second-order valence-corrected chi connectivity index (χ2v) is 25.8. The zero-order valence-electron chi connectivity index (χ0n) is 45.5. The van der Waals surface area contributed by atoms with Gasteiger partial charge in [-0.1, -0.05) is 133 Å². The van der Waals surface area contributed by atoms with E-state index < -0.39 is 0 Å². The molecule has 4 bridgehead atoms. The van der Waals surface area contributed by atoms with Crippen LogP contribution in [0.4, 0.5) is 34.1 Å². The van der Waals surface area contributed by atoms with Crippen molar-refractivity contribution in [2.45, 2.75) is 89.9 Å². The Morgan fingerprint density at radius 1 is 0.372 bits per heavy atom. The van der Waals surface area contributed by atoms with Crippen molar-refractivity contribution in [2.24, 2.45) is 23.7 Å². The molecule has 5 aliphatic carbocycles. The molecule has 10 aromatic carbocycles. The molecule has 0 saturated heterocycles. The summed E-state index contributed by atoms with van der Waals surface area (Å²) in [5.74, 6) is 2.75. The lowest BCUT2D eigenvalue weighted by Gasteiger charge is -2.61. The maximum absolute atomic E-state index is 7.50. The van der Waals surface area contributed by atoms with Gasteiger partial charge in [0.05, 0.1) is 0 Å². The van der Waals surface area contributed by atoms with Crippen LogP contribution in [0.25, 0.3) is 76.5 Å². The number of fused-ring (bicyclic) bond motifs is 12. The SMILES string of the molecule is CC(C)(C)c1ccc(N(c2ccc3ccccc3c2)c2ccc3c(c2)oc2cc4c(cc23)C2(c3c-4ccc4c3oc3cc(N(c5ccc(C(C)(C)C)cc5)c5ccc6ccccc6c5)ccc34)C3CC4CC(C3)CC2C4)cc1. The van der Waals surface area contributed by atoms with E-state index in [0.29, 0.717) is 11.8 Å². The van der Waals surface area contributed by atoms with Gasteiger partial charge in [-0.3, -0.25) is 0 Å². The molecule has 4 saturated carbocycles. The molecular formula is C74H64N2O2. The fourth-order valence-corrected chi connectivity index (χ4v) is 15.8. The van der Waals surface area contributed by atoms with Crippen LogP contribution in [0.2, 0.25) is 0 Å². The number of nitrogens with zero attached hydrogens (tertiary/aromatic N) is 2. The van der Waals surface area contributed by atoms with Crippen molar-refractivity contribution >= 4 is 99.5 Å². The van der Waals surface area contributed by atoms with Crippen LogP contribution in [0, 0.1) is 23.7 Å². The van der Waals surface area contributed by atoms with Crippen LogP contribution in [0.15, 0.2) is 203 Å². The number of hydrogen-bond donors (Lipinski definition) is 0. The highest BCUT2D eigenvalue weighted by molar-refractivity contribution is 6.13. The maximum atomic E-state index is 7.50. The van der Waals surface area contributed by atoms with Crippen LogP contribution in [-0.2, 0) is 16.2 Å². The summed E-state index contributed by atoms with van der Waals surface area (Å²) in [4.78, 5) is 4.79. The van der Waals surface area contributed by atoms with Crippen molar-refractivity contribution in [1.82, 2.24) is 0 Å². The highest BCUT2D eigenvalue weighted by Gasteiger charge is 2.62. The molecule has 4 fully saturated rings. The van der Waals surface area contributed by atoms with Gasteiger partial charge in [0.25, 0.3) is 0 Å². The van der Waals surface area contributed by atoms with Crippen molar-refractivity contribution < 1.29 is 8.83 Å². The summed E-state index contributed by atoms with van der Waals surface area (Å²) >= 11 is 0. The molecule has 0 amide bonds. The Hall–Kier alpha value is -8.08. The number of anilines is 6. The van der Waals surface area contributed by atoms with E-state index in [1.165, 1.54) is 109 Å². The van der Waals surface area contributed by atoms with Crippen molar-refractivity contribution in [3.8, 4) is 11.1 Å². The van der Waals surface area contributed by atoms with Gasteiger partial charge in [-0.05, 0) is 207 Å². The number of hydrogen-bond acceptors (Lipinski definition) is 4. The summed E-state index contributed by atoms with van der Waals surface area (Å²) in [6.07, 6.45) is 6.55. The molecule has 0 aliphatic heterocycles. The zero-order valence-corrected chi connectivity index (χ0v) is 45.5. The van der Waals surface area contributed by atoms with E-state index in [2.05, 4.69) is 245 Å². The topological polar surface area (TPSA) is 32.8 Å². The Morgan fingerprint density at radius 3 is 1.33 bits per heavy atom. The fraction of sp³-hybridized carbons (Fsp3) is 0.243. The van der Waals surface area contributed by atoms with E-state index in [9.17, 15) is 0 Å². The summed E-state index contributed by atoms with van der Waals surface area (Å²) < 4.78 is 14.6. The monoisotopic (exact) mass is 1010 g/mol. The predicted molar refractivity (Wildman–Crippen MR) is 326 cm³/mol. The summed E-state index contributed by atoms with van der Waals surface area (Å²) in [7, 11) is 0. The number of benzene rings is 10. The van der Waals surface area contributed by atoms with Crippen molar-refractivity contribution in [2.75, 3.05) is 9.80 Å². The van der Waals surface area contributed by atoms with Crippen molar-refractivity contribution in [1.29, 1.82) is 0 Å². The third-order valence-electron chi connectivity index (χ3n) is 19.3. The summed E-state index contributed by atoms with van der Waals surface area (Å²) in [6, 6.07) is 72.8. The van der Waals surface area contributed by atoms with Crippen molar-refractivity contribution in [3.05, 3.63) is 216 Å². The highest BCUT2D eigenvalue weighted by Crippen LogP contribution is 2.71. The maximum Gasteiger partial charge on any atom is 0.140 e. The average molecular weight is 1010 g/mol. The molecule has 0 N–H and O–H groups in total. The number of furan rings is 2. The minimum Gasteiger partial charge on any atom is -0.456 e. The van der Waals surface area contributed by atoms with Gasteiger partial charge in [-0.15, -0.1) is 0 Å². The molecule has 78 heavy (non-hydrogen) atoms. The lowest BCUT2D eigenvalue weighted by atomic mass is 9.43. The Kier molecular flexibility index (Phi) is 9.73. The Labute approximate surface area is 456 Å². The molecule has 5 aliphatic rings. The van der Waals surface area contributed by atoms with Gasteiger partial charge < -0.3 is 18.6 Å².